The zero-order valence-corrected chi connectivity index (χ0v) is 13.1. The van der Waals surface area contributed by atoms with E-state index < -0.39 is 5.60 Å². The highest BCUT2D eigenvalue weighted by Crippen LogP contribution is 2.35. The fraction of sp³-hybridized carbons (Fsp3) is 0.933. The molecule has 4 nitrogen and oxygen atoms in total. The number of carbonyl (C=O) groups is 1. The van der Waals surface area contributed by atoms with Gasteiger partial charge >= 0.3 is 6.09 Å². The smallest absolute Gasteiger partial charge is 0.408 e. The molecule has 0 aromatic heterocycles. The van der Waals surface area contributed by atoms with Crippen LogP contribution in [-0.2, 0) is 4.74 Å². The molecule has 0 unspecified atom stereocenters. The molecule has 19 heavy (non-hydrogen) atoms. The topological polar surface area (TPSA) is 64.3 Å². The van der Waals surface area contributed by atoms with Crippen molar-refractivity contribution in [2.24, 2.45) is 5.73 Å². The van der Waals surface area contributed by atoms with Crippen LogP contribution in [0, 0.1) is 0 Å². The molecule has 0 radical (unpaired) electrons. The minimum atomic E-state index is -0.447. The van der Waals surface area contributed by atoms with E-state index in [1.165, 1.54) is 12.8 Å². The Balaban J connectivity index is 2.59. The highest BCUT2D eigenvalue weighted by atomic mass is 16.6. The second-order valence-electron chi connectivity index (χ2n) is 7.60. The second-order valence-corrected chi connectivity index (χ2v) is 7.60. The van der Waals surface area contributed by atoms with Crippen LogP contribution in [0.15, 0.2) is 0 Å². The van der Waals surface area contributed by atoms with Crippen molar-refractivity contribution in [2.75, 3.05) is 0 Å². The quantitative estimate of drug-likeness (QED) is 0.823. The number of amides is 1. The van der Waals surface area contributed by atoms with E-state index in [4.69, 9.17) is 10.5 Å². The van der Waals surface area contributed by atoms with E-state index in [9.17, 15) is 4.79 Å². The van der Waals surface area contributed by atoms with Crippen LogP contribution in [0.1, 0.15) is 73.1 Å². The van der Waals surface area contributed by atoms with E-state index in [2.05, 4.69) is 5.32 Å². The molecule has 0 bridgehead atoms. The van der Waals surface area contributed by atoms with Gasteiger partial charge in [-0.15, -0.1) is 0 Å². The summed E-state index contributed by atoms with van der Waals surface area (Å²) in [5, 5.41) is 3.10. The Morgan fingerprint density at radius 3 is 2.16 bits per heavy atom. The predicted molar refractivity (Wildman–Crippen MR) is 78.1 cm³/mol. The normalized spacial score (nSPS) is 19.3. The van der Waals surface area contributed by atoms with Crippen LogP contribution in [0.25, 0.3) is 0 Å². The molecule has 1 rings (SSSR count). The van der Waals surface area contributed by atoms with Crippen molar-refractivity contribution in [2.45, 2.75) is 89.8 Å². The summed E-state index contributed by atoms with van der Waals surface area (Å²) in [5.74, 6) is 0. The van der Waals surface area contributed by atoms with E-state index in [0.717, 1.165) is 25.7 Å². The molecule has 0 aromatic rings. The molecule has 0 aromatic carbocycles. The van der Waals surface area contributed by atoms with Crippen molar-refractivity contribution in [3.05, 3.63) is 0 Å². The molecule has 3 N–H and O–H groups in total. The van der Waals surface area contributed by atoms with E-state index in [-0.39, 0.29) is 17.2 Å². The summed E-state index contributed by atoms with van der Waals surface area (Å²) in [6, 6.07) is 0. The highest BCUT2D eigenvalue weighted by molar-refractivity contribution is 5.68. The fourth-order valence-electron chi connectivity index (χ4n) is 2.57. The maximum absolute atomic E-state index is 12.0. The van der Waals surface area contributed by atoms with Gasteiger partial charge in [0.05, 0.1) is 0 Å². The number of nitrogens with one attached hydrogen (secondary N) is 1. The van der Waals surface area contributed by atoms with Crippen molar-refractivity contribution < 1.29 is 9.53 Å². The molecule has 1 fully saturated rings. The first-order chi connectivity index (χ1) is 8.52. The van der Waals surface area contributed by atoms with Crippen molar-refractivity contribution >= 4 is 6.09 Å². The molecule has 1 aliphatic carbocycles. The van der Waals surface area contributed by atoms with Crippen LogP contribution in [0.3, 0.4) is 0 Å². The molecule has 0 atom stereocenters. The predicted octanol–water partition coefficient (Wildman–Crippen LogP) is 3.34. The number of carbonyl (C=O) groups excluding carboxylic acids is 1. The lowest BCUT2D eigenvalue weighted by atomic mass is 9.86. The maximum Gasteiger partial charge on any atom is 0.408 e. The van der Waals surface area contributed by atoms with Gasteiger partial charge in [0.25, 0.3) is 0 Å². The van der Waals surface area contributed by atoms with Gasteiger partial charge in [0.1, 0.15) is 5.60 Å². The van der Waals surface area contributed by atoms with E-state index in [1.54, 1.807) is 0 Å². The summed E-state index contributed by atoms with van der Waals surface area (Å²) in [7, 11) is 0. The van der Waals surface area contributed by atoms with Gasteiger partial charge in [-0.1, -0.05) is 12.8 Å². The van der Waals surface area contributed by atoms with E-state index in [0.29, 0.717) is 0 Å². The second kappa shape index (κ2) is 5.70. The third-order valence-electron chi connectivity index (χ3n) is 3.57. The van der Waals surface area contributed by atoms with Crippen molar-refractivity contribution in [3.8, 4) is 0 Å². The van der Waals surface area contributed by atoms with Gasteiger partial charge in [-0.3, -0.25) is 0 Å². The molecule has 0 heterocycles. The van der Waals surface area contributed by atoms with Gasteiger partial charge in [-0.25, -0.2) is 4.79 Å². The van der Waals surface area contributed by atoms with Crippen LogP contribution in [0.2, 0.25) is 0 Å². The summed E-state index contributed by atoms with van der Waals surface area (Å²) < 4.78 is 5.38. The zero-order chi connectivity index (χ0) is 14.7. The molecular weight excluding hydrogens is 240 g/mol. The van der Waals surface area contributed by atoms with Crippen molar-refractivity contribution in [1.29, 1.82) is 0 Å². The number of hydrogen-bond donors (Lipinski definition) is 2. The lowest BCUT2D eigenvalue weighted by Gasteiger charge is -2.34. The SMILES string of the molecule is CC(C)(N)CCC1(NC(=O)OC(C)(C)C)CCCC1. The molecule has 1 saturated carbocycles. The zero-order valence-electron chi connectivity index (χ0n) is 13.1. The van der Waals surface area contributed by atoms with Gasteiger partial charge in [0.2, 0.25) is 0 Å². The molecule has 1 amide bonds. The molecule has 1 aliphatic rings. The molecule has 0 saturated heterocycles. The maximum atomic E-state index is 12.0. The monoisotopic (exact) mass is 270 g/mol. The number of rotatable bonds is 4. The first-order valence-electron chi connectivity index (χ1n) is 7.32. The summed E-state index contributed by atoms with van der Waals surface area (Å²) >= 11 is 0. The molecular formula is C15H30N2O2. The van der Waals surface area contributed by atoms with Gasteiger partial charge in [0, 0.05) is 11.1 Å². The summed E-state index contributed by atoms with van der Waals surface area (Å²) in [5.41, 5.74) is 5.31. The molecule has 112 valence electrons. The average molecular weight is 270 g/mol. The Kier molecular flexibility index (Phi) is 4.88. The van der Waals surface area contributed by atoms with Crippen LogP contribution in [-0.4, -0.2) is 22.8 Å². The standard InChI is InChI=1S/C15H30N2O2/c1-13(2,3)19-12(18)17-15(8-6-7-9-15)11-10-14(4,5)16/h6-11,16H2,1-5H3,(H,17,18). The Labute approximate surface area is 117 Å². The fourth-order valence-corrected chi connectivity index (χ4v) is 2.57. The van der Waals surface area contributed by atoms with Crippen LogP contribution < -0.4 is 11.1 Å². The van der Waals surface area contributed by atoms with E-state index in [1.807, 2.05) is 34.6 Å². The Morgan fingerprint density at radius 1 is 1.21 bits per heavy atom. The Hall–Kier alpha value is -0.770. The lowest BCUT2D eigenvalue weighted by Crippen LogP contribution is -2.49. The number of nitrogens with two attached hydrogens (primary N) is 1. The number of ether oxygens (including phenoxy) is 1. The van der Waals surface area contributed by atoms with Gasteiger partial charge in [-0.05, 0) is 60.3 Å². The number of hydrogen-bond acceptors (Lipinski definition) is 3. The summed E-state index contributed by atoms with van der Waals surface area (Å²) in [6.07, 6.45) is 5.93. The first-order valence-corrected chi connectivity index (χ1v) is 7.32. The van der Waals surface area contributed by atoms with Crippen molar-refractivity contribution in [1.82, 2.24) is 5.32 Å². The number of alkyl carbamates (subject to hydrolysis) is 1. The third kappa shape index (κ3) is 6.28. The van der Waals surface area contributed by atoms with Gasteiger partial charge < -0.3 is 15.8 Å². The summed E-state index contributed by atoms with van der Waals surface area (Å²) in [6.45, 7) is 9.72. The molecule has 4 heteroatoms. The first kappa shape index (κ1) is 16.3. The average Bonchev–Trinajstić information content (AvgIpc) is 2.60. The minimum absolute atomic E-state index is 0.112. The third-order valence-corrected chi connectivity index (χ3v) is 3.57. The van der Waals surface area contributed by atoms with Crippen LogP contribution in [0.5, 0.6) is 0 Å². The van der Waals surface area contributed by atoms with Gasteiger partial charge in [-0.2, -0.15) is 0 Å². The molecule has 0 spiro atoms. The van der Waals surface area contributed by atoms with Crippen molar-refractivity contribution in [3.63, 3.8) is 0 Å². The molecule has 0 aliphatic heterocycles. The highest BCUT2D eigenvalue weighted by Gasteiger charge is 2.37. The summed E-state index contributed by atoms with van der Waals surface area (Å²) in [4.78, 5) is 12.0. The van der Waals surface area contributed by atoms with E-state index >= 15 is 0 Å². The lowest BCUT2D eigenvalue weighted by molar-refractivity contribution is 0.0445. The minimum Gasteiger partial charge on any atom is -0.444 e. The largest absolute Gasteiger partial charge is 0.444 e. The van der Waals surface area contributed by atoms with Gasteiger partial charge in [0.15, 0.2) is 0 Å². The van der Waals surface area contributed by atoms with Crippen LogP contribution in [0.4, 0.5) is 4.79 Å². The Morgan fingerprint density at radius 2 is 1.74 bits per heavy atom. The Bertz CT molecular complexity index is 307. The van der Waals surface area contributed by atoms with Crippen LogP contribution >= 0.6 is 0 Å².